The number of halogens is 1. The van der Waals surface area contributed by atoms with Crippen molar-refractivity contribution in [3.05, 3.63) is 40.7 Å². The number of ether oxygens (including phenoxy) is 1. The minimum absolute atomic E-state index is 0.184. The number of likely N-dealkylation sites (tertiary alicyclic amines) is 1. The molecule has 0 atom stereocenters. The summed E-state index contributed by atoms with van der Waals surface area (Å²) in [5, 5.41) is 6.98. The van der Waals surface area contributed by atoms with Gasteiger partial charge in [0.2, 0.25) is 5.91 Å². The Morgan fingerprint density at radius 1 is 1.38 bits per heavy atom. The van der Waals surface area contributed by atoms with Crippen LogP contribution in [0.3, 0.4) is 0 Å². The molecule has 126 valence electrons. The van der Waals surface area contributed by atoms with Crippen molar-refractivity contribution in [2.45, 2.75) is 6.92 Å². The highest BCUT2D eigenvalue weighted by atomic mass is 35.5. The summed E-state index contributed by atoms with van der Waals surface area (Å²) in [5.74, 6) is 0.386. The number of amides is 2. The van der Waals surface area contributed by atoms with E-state index in [2.05, 4.69) is 10.5 Å². The zero-order valence-electron chi connectivity index (χ0n) is 13.2. The van der Waals surface area contributed by atoms with Gasteiger partial charge in [-0.15, -0.1) is 0 Å². The van der Waals surface area contributed by atoms with Crippen molar-refractivity contribution in [2.24, 2.45) is 5.92 Å². The third-order valence-corrected chi connectivity index (χ3v) is 4.04. The first-order chi connectivity index (χ1) is 11.5. The molecule has 1 aliphatic rings. The van der Waals surface area contributed by atoms with Gasteiger partial charge in [-0.1, -0.05) is 16.8 Å². The molecular weight excluding hydrogens is 334 g/mol. The fourth-order valence-corrected chi connectivity index (χ4v) is 2.62. The maximum atomic E-state index is 12.3. The first-order valence-corrected chi connectivity index (χ1v) is 7.72. The van der Waals surface area contributed by atoms with Crippen molar-refractivity contribution in [3.63, 3.8) is 0 Å². The second-order valence-corrected chi connectivity index (χ2v) is 6.00. The van der Waals surface area contributed by atoms with Crippen LogP contribution in [0.1, 0.15) is 16.2 Å². The molecule has 1 fully saturated rings. The van der Waals surface area contributed by atoms with E-state index in [1.54, 1.807) is 36.1 Å². The van der Waals surface area contributed by atoms with Crippen LogP contribution >= 0.6 is 11.6 Å². The van der Waals surface area contributed by atoms with Crippen molar-refractivity contribution in [3.8, 4) is 5.75 Å². The number of carbonyl (C=O) groups excluding carboxylic acids is 2. The monoisotopic (exact) mass is 349 g/mol. The minimum atomic E-state index is -0.286. The zero-order chi connectivity index (χ0) is 17.3. The van der Waals surface area contributed by atoms with Gasteiger partial charge >= 0.3 is 0 Å². The number of benzene rings is 1. The van der Waals surface area contributed by atoms with Crippen molar-refractivity contribution < 1.29 is 18.8 Å². The molecule has 0 saturated carbocycles. The van der Waals surface area contributed by atoms with Crippen molar-refractivity contribution in [2.75, 3.05) is 25.5 Å². The highest BCUT2D eigenvalue weighted by Crippen LogP contribution is 2.29. The molecule has 2 aromatic rings. The normalized spacial score (nSPS) is 14.2. The summed E-state index contributed by atoms with van der Waals surface area (Å²) >= 11 is 5.94. The van der Waals surface area contributed by atoms with Crippen LogP contribution in [-0.4, -0.2) is 42.1 Å². The van der Waals surface area contributed by atoms with Gasteiger partial charge in [0.05, 0.1) is 18.7 Å². The Bertz CT molecular complexity index is 783. The molecule has 2 heterocycles. The van der Waals surface area contributed by atoms with Crippen LogP contribution in [0.25, 0.3) is 0 Å². The molecule has 8 heteroatoms. The van der Waals surface area contributed by atoms with E-state index in [4.69, 9.17) is 20.9 Å². The molecule has 0 unspecified atom stereocenters. The molecule has 0 radical (unpaired) electrons. The van der Waals surface area contributed by atoms with Gasteiger partial charge in [-0.3, -0.25) is 9.59 Å². The molecule has 1 aliphatic heterocycles. The lowest BCUT2D eigenvalue weighted by Gasteiger charge is -2.37. The highest BCUT2D eigenvalue weighted by Gasteiger charge is 2.37. The van der Waals surface area contributed by atoms with Gasteiger partial charge < -0.3 is 19.5 Å². The van der Waals surface area contributed by atoms with E-state index in [0.29, 0.717) is 35.3 Å². The van der Waals surface area contributed by atoms with Gasteiger partial charge in [-0.2, -0.15) is 0 Å². The first kappa shape index (κ1) is 16.3. The largest absolute Gasteiger partial charge is 0.495 e. The zero-order valence-corrected chi connectivity index (χ0v) is 14.0. The van der Waals surface area contributed by atoms with Crippen LogP contribution in [0.4, 0.5) is 5.69 Å². The van der Waals surface area contributed by atoms with Gasteiger partial charge in [0.15, 0.2) is 5.69 Å². The van der Waals surface area contributed by atoms with E-state index in [1.165, 1.54) is 7.11 Å². The number of hydrogen-bond acceptors (Lipinski definition) is 5. The topological polar surface area (TPSA) is 84.7 Å². The Hall–Kier alpha value is -2.54. The molecule has 1 saturated heterocycles. The lowest BCUT2D eigenvalue weighted by Crippen LogP contribution is -2.54. The van der Waals surface area contributed by atoms with E-state index in [-0.39, 0.29) is 23.4 Å². The van der Waals surface area contributed by atoms with E-state index < -0.39 is 0 Å². The maximum absolute atomic E-state index is 12.3. The van der Waals surface area contributed by atoms with Gasteiger partial charge in [-0.25, -0.2) is 0 Å². The lowest BCUT2D eigenvalue weighted by molar-refractivity contribution is -0.123. The Morgan fingerprint density at radius 3 is 2.75 bits per heavy atom. The predicted octanol–water partition coefficient (Wildman–Crippen LogP) is 2.36. The predicted molar refractivity (Wildman–Crippen MR) is 87.3 cm³/mol. The quantitative estimate of drug-likeness (QED) is 0.915. The summed E-state index contributed by atoms with van der Waals surface area (Å²) in [6.45, 7) is 2.38. The Balaban J connectivity index is 1.59. The van der Waals surface area contributed by atoms with Crippen LogP contribution in [-0.2, 0) is 4.79 Å². The highest BCUT2D eigenvalue weighted by molar-refractivity contribution is 6.31. The van der Waals surface area contributed by atoms with E-state index in [9.17, 15) is 9.59 Å². The SMILES string of the molecule is COc1ccc(Cl)cc1NC(=O)C1CN(C(=O)c2cc(C)on2)C1. The Labute approximate surface area is 143 Å². The number of nitrogens with zero attached hydrogens (tertiary/aromatic N) is 2. The molecule has 0 bridgehead atoms. The number of rotatable bonds is 4. The van der Waals surface area contributed by atoms with Crippen molar-refractivity contribution in [1.29, 1.82) is 0 Å². The molecule has 0 spiro atoms. The average molecular weight is 350 g/mol. The van der Waals surface area contributed by atoms with Crippen molar-refractivity contribution in [1.82, 2.24) is 10.1 Å². The summed E-state index contributed by atoms with van der Waals surface area (Å²) < 4.78 is 10.1. The molecular formula is C16H16ClN3O4. The third-order valence-electron chi connectivity index (χ3n) is 3.81. The fraction of sp³-hybridized carbons (Fsp3) is 0.312. The maximum Gasteiger partial charge on any atom is 0.276 e. The van der Waals surface area contributed by atoms with Gasteiger partial charge in [0.25, 0.3) is 5.91 Å². The van der Waals surface area contributed by atoms with Gasteiger partial charge in [0, 0.05) is 24.2 Å². The number of anilines is 1. The molecule has 1 aromatic heterocycles. The van der Waals surface area contributed by atoms with E-state index in [0.717, 1.165) is 0 Å². The summed E-state index contributed by atoms with van der Waals surface area (Å²) in [4.78, 5) is 26.0. The molecule has 1 N–H and O–H groups in total. The Morgan fingerprint density at radius 2 is 2.12 bits per heavy atom. The molecule has 3 rings (SSSR count). The number of aryl methyl sites for hydroxylation is 1. The number of aromatic nitrogens is 1. The number of nitrogens with one attached hydrogen (secondary N) is 1. The molecule has 0 aliphatic carbocycles. The fourth-order valence-electron chi connectivity index (χ4n) is 2.45. The van der Waals surface area contributed by atoms with E-state index in [1.807, 2.05) is 0 Å². The van der Waals surface area contributed by atoms with Crippen LogP contribution in [0.5, 0.6) is 5.75 Å². The van der Waals surface area contributed by atoms with Gasteiger partial charge in [0.1, 0.15) is 11.5 Å². The summed E-state index contributed by atoms with van der Waals surface area (Å²) in [6, 6.07) is 6.56. The van der Waals surface area contributed by atoms with Crippen LogP contribution in [0, 0.1) is 12.8 Å². The molecule has 1 aromatic carbocycles. The molecule has 2 amide bonds. The number of hydrogen-bond donors (Lipinski definition) is 1. The second kappa shape index (κ2) is 6.52. The van der Waals surface area contributed by atoms with Crippen LogP contribution < -0.4 is 10.1 Å². The second-order valence-electron chi connectivity index (χ2n) is 5.56. The summed E-state index contributed by atoms with van der Waals surface area (Å²) in [7, 11) is 1.52. The smallest absolute Gasteiger partial charge is 0.276 e. The molecule has 7 nitrogen and oxygen atoms in total. The minimum Gasteiger partial charge on any atom is -0.495 e. The lowest BCUT2D eigenvalue weighted by atomic mass is 9.98. The average Bonchev–Trinajstić information content (AvgIpc) is 2.92. The standard InChI is InChI=1S/C16H16ClN3O4/c1-9-5-13(19-24-9)16(22)20-7-10(8-20)15(21)18-12-6-11(17)3-4-14(12)23-2/h3-6,10H,7-8H2,1-2H3,(H,18,21). The van der Waals surface area contributed by atoms with Crippen LogP contribution in [0.2, 0.25) is 5.02 Å². The van der Waals surface area contributed by atoms with E-state index >= 15 is 0 Å². The summed E-state index contributed by atoms with van der Waals surface area (Å²) in [5.41, 5.74) is 0.759. The summed E-state index contributed by atoms with van der Waals surface area (Å²) in [6.07, 6.45) is 0. The number of methoxy groups -OCH3 is 1. The van der Waals surface area contributed by atoms with Crippen LogP contribution in [0.15, 0.2) is 28.8 Å². The first-order valence-electron chi connectivity index (χ1n) is 7.35. The Kier molecular flexibility index (Phi) is 4.44. The van der Waals surface area contributed by atoms with Gasteiger partial charge in [-0.05, 0) is 25.1 Å². The van der Waals surface area contributed by atoms with Crippen molar-refractivity contribution >= 4 is 29.1 Å². The molecule has 24 heavy (non-hydrogen) atoms. The number of carbonyl (C=O) groups is 2. The third kappa shape index (κ3) is 3.21.